The number of hydrogen-bond acceptors (Lipinski definition) is 5. The van der Waals surface area contributed by atoms with E-state index in [0.717, 1.165) is 9.87 Å². The van der Waals surface area contributed by atoms with Crippen molar-refractivity contribution in [2.24, 2.45) is 0 Å². The number of rotatable bonds is 4. The van der Waals surface area contributed by atoms with Crippen molar-refractivity contribution in [1.82, 2.24) is 9.29 Å². The number of aryl methyl sites for hydroxylation is 1. The van der Waals surface area contributed by atoms with Gasteiger partial charge in [0.2, 0.25) is 10.0 Å². The van der Waals surface area contributed by atoms with Gasteiger partial charge in [-0.25, -0.2) is 17.8 Å². The Balaban J connectivity index is 2.15. The van der Waals surface area contributed by atoms with Crippen LogP contribution in [0.2, 0.25) is 5.15 Å². The first-order valence-electron chi connectivity index (χ1n) is 10.4. The van der Waals surface area contributed by atoms with Crippen LogP contribution in [0.3, 0.4) is 0 Å². The molecule has 0 saturated heterocycles. The van der Waals surface area contributed by atoms with Crippen LogP contribution >= 0.6 is 11.6 Å². The van der Waals surface area contributed by atoms with Crippen LogP contribution < -0.4 is 0 Å². The zero-order chi connectivity index (χ0) is 24.0. The second-order valence-electron chi connectivity index (χ2n) is 9.15. The van der Waals surface area contributed by atoms with Crippen molar-refractivity contribution < 1.29 is 22.3 Å². The Morgan fingerprint density at radius 3 is 2.56 bits per heavy atom. The zero-order valence-electron chi connectivity index (χ0n) is 19.1. The Morgan fingerprint density at radius 2 is 1.94 bits per heavy atom. The molecule has 2 heterocycles. The van der Waals surface area contributed by atoms with Gasteiger partial charge in [0.05, 0.1) is 0 Å². The van der Waals surface area contributed by atoms with E-state index in [9.17, 15) is 17.6 Å². The Hall–Kier alpha value is -2.03. The third-order valence-electron chi connectivity index (χ3n) is 5.72. The molecule has 1 aromatic carbocycles. The summed E-state index contributed by atoms with van der Waals surface area (Å²) < 4.78 is 48.7. The summed E-state index contributed by atoms with van der Waals surface area (Å²) in [6.07, 6.45) is 1.55. The van der Waals surface area contributed by atoms with Crippen LogP contribution in [-0.4, -0.2) is 41.9 Å². The highest BCUT2D eigenvalue weighted by atomic mass is 35.5. The largest absolute Gasteiger partial charge is 0.459 e. The van der Waals surface area contributed by atoms with E-state index in [1.807, 2.05) is 6.92 Å². The van der Waals surface area contributed by atoms with Crippen molar-refractivity contribution in [3.8, 4) is 0 Å². The number of hydrogen-bond donors (Lipinski definition) is 0. The van der Waals surface area contributed by atoms with Gasteiger partial charge < -0.3 is 4.74 Å². The van der Waals surface area contributed by atoms with Crippen LogP contribution in [-0.2, 0) is 26.0 Å². The van der Waals surface area contributed by atoms with Crippen LogP contribution in [0.15, 0.2) is 29.3 Å². The molecule has 0 aliphatic carbocycles. The molecule has 0 spiro atoms. The molecule has 1 unspecified atom stereocenters. The van der Waals surface area contributed by atoms with Crippen molar-refractivity contribution in [1.29, 1.82) is 0 Å². The molecule has 6 nitrogen and oxygen atoms in total. The van der Waals surface area contributed by atoms with Gasteiger partial charge in [-0.3, -0.25) is 4.79 Å². The zero-order valence-corrected chi connectivity index (χ0v) is 20.6. The monoisotopic (exact) mass is 482 g/mol. The quantitative estimate of drug-likeness (QED) is 0.472. The van der Waals surface area contributed by atoms with Gasteiger partial charge in [0.25, 0.3) is 0 Å². The van der Waals surface area contributed by atoms with Gasteiger partial charge in [0.15, 0.2) is 0 Å². The topological polar surface area (TPSA) is 76.6 Å². The van der Waals surface area contributed by atoms with E-state index in [0.29, 0.717) is 23.1 Å². The first kappa shape index (κ1) is 24.6. The highest BCUT2D eigenvalue weighted by Gasteiger charge is 2.45. The summed E-state index contributed by atoms with van der Waals surface area (Å²) in [5, 5.41) is 0.196. The molecule has 0 N–H and O–H groups in total. The number of benzene rings is 1. The molecule has 0 fully saturated rings. The number of pyridine rings is 1. The second kappa shape index (κ2) is 8.72. The minimum Gasteiger partial charge on any atom is -0.459 e. The van der Waals surface area contributed by atoms with Gasteiger partial charge in [-0.15, -0.1) is 0 Å². The molecule has 0 amide bonds. The molecule has 3 rings (SSSR count). The maximum atomic E-state index is 14.9. The van der Waals surface area contributed by atoms with E-state index in [1.165, 1.54) is 18.3 Å². The summed E-state index contributed by atoms with van der Waals surface area (Å²) in [6.45, 7) is 10.4. The van der Waals surface area contributed by atoms with Crippen LogP contribution in [0.1, 0.15) is 55.9 Å². The Labute approximate surface area is 193 Å². The van der Waals surface area contributed by atoms with Gasteiger partial charge in [-0.2, -0.15) is 4.31 Å². The van der Waals surface area contributed by atoms with E-state index in [1.54, 1.807) is 40.7 Å². The SMILES string of the molecule is Cc1ccc(F)c(C(C)[C@@H](C(=O)OC(C)(C)C)N2CCc3cc(Cl)ncc3S2(=O)=O)c1C. The summed E-state index contributed by atoms with van der Waals surface area (Å²) in [4.78, 5) is 17.3. The van der Waals surface area contributed by atoms with E-state index in [2.05, 4.69) is 4.98 Å². The fourth-order valence-corrected chi connectivity index (χ4v) is 6.11. The molecule has 0 bridgehead atoms. The normalized spacial score (nSPS) is 18.0. The van der Waals surface area contributed by atoms with E-state index in [4.69, 9.17) is 16.3 Å². The maximum Gasteiger partial charge on any atom is 0.325 e. The minimum absolute atomic E-state index is 0.00431. The standard InChI is InChI=1S/C23H28ClFN2O4S/c1-13-7-8-17(25)20(14(13)2)15(3)21(22(28)31-23(4,5)6)27-10-9-16-11-19(24)26-12-18(16)32(27,29)30/h7-8,11-12,15,21H,9-10H2,1-6H3/t15?,21-/m0/s1. The smallest absolute Gasteiger partial charge is 0.325 e. The fourth-order valence-electron chi connectivity index (χ4n) is 4.10. The van der Waals surface area contributed by atoms with Gasteiger partial charge >= 0.3 is 5.97 Å². The lowest BCUT2D eigenvalue weighted by Crippen LogP contribution is -2.52. The molecule has 1 aliphatic rings. The fraction of sp³-hybridized carbons (Fsp3) is 0.478. The second-order valence-corrected chi connectivity index (χ2v) is 11.4. The number of esters is 1. The first-order chi connectivity index (χ1) is 14.7. The number of sulfonamides is 1. The lowest BCUT2D eigenvalue weighted by molar-refractivity contribution is -0.160. The molecule has 2 aromatic rings. The first-order valence-corrected chi connectivity index (χ1v) is 12.2. The van der Waals surface area contributed by atoms with Crippen LogP contribution in [0.25, 0.3) is 0 Å². The van der Waals surface area contributed by atoms with Crippen molar-refractivity contribution in [3.05, 3.63) is 57.6 Å². The number of carbonyl (C=O) groups excluding carboxylic acids is 1. The number of aromatic nitrogens is 1. The summed E-state index contributed by atoms with van der Waals surface area (Å²) in [6, 6.07) is 3.26. The minimum atomic E-state index is -4.10. The van der Waals surface area contributed by atoms with Crippen molar-refractivity contribution in [2.75, 3.05) is 6.54 Å². The van der Waals surface area contributed by atoms with Crippen molar-refractivity contribution >= 4 is 27.6 Å². The van der Waals surface area contributed by atoms with Gasteiger partial charge in [0, 0.05) is 18.7 Å². The van der Waals surface area contributed by atoms with E-state index >= 15 is 0 Å². The molecule has 9 heteroatoms. The molecule has 0 radical (unpaired) electrons. The molecule has 174 valence electrons. The molecule has 2 atom stereocenters. The van der Waals surface area contributed by atoms with E-state index in [-0.39, 0.29) is 16.6 Å². The summed E-state index contributed by atoms with van der Waals surface area (Å²) in [5.41, 5.74) is 1.52. The molecular weight excluding hydrogens is 455 g/mol. The van der Waals surface area contributed by atoms with Crippen molar-refractivity contribution in [2.45, 2.75) is 70.4 Å². The number of halogens is 2. The Kier molecular flexibility index (Phi) is 6.71. The molecule has 0 saturated carbocycles. The van der Waals surface area contributed by atoms with Crippen LogP contribution in [0.4, 0.5) is 4.39 Å². The lowest BCUT2D eigenvalue weighted by Gasteiger charge is -2.38. The van der Waals surface area contributed by atoms with Crippen LogP contribution in [0.5, 0.6) is 0 Å². The van der Waals surface area contributed by atoms with E-state index < -0.39 is 39.4 Å². The van der Waals surface area contributed by atoms with Crippen molar-refractivity contribution in [3.63, 3.8) is 0 Å². The summed E-state index contributed by atoms with van der Waals surface area (Å²) >= 11 is 5.94. The third-order valence-corrected chi connectivity index (χ3v) is 7.88. The lowest BCUT2D eigenvalue weighted by atomic mass is 9.87. The van der Waals surface area contributed by atoms with Gasteiger partial charge in [-0.1, -0.05) is 24.6 Å². The molecule has 1 aromatic heterocycles. The Bertz CT molecular complexity index is 1160. The highest BCUT2D eigenvalue weighted by molar-refractivity contribution is 7.89. The molecule has 1 aliphatic heterocycles. The predicted octanol–water partition coefficient (Wildman–Crippen LogP) is 4.55. The number of ether oxygens (including phenoxy) is 1. The average Bonchev–Trinajstić information content (AvgIpc) is 2.65. The summed E-state index contributed by atoms with van der Waals surface area (Å²) in [5.74, 6) is -2.00. The molecule has 32 heavy (non-hydrogen) atoms. The maximum absolute atomic E-state index is 14.9. The average molecular weight is 483 g/mol. The summed E-state index contributed by atoms with van der Waals surface area (Å²) in [7, 11) is -4.10. The Morgan fingerprint density at radius 1 is 1.28 bits per heavy atom. The predicted molar refractivity (Wildman–Crippen MR) is 121 cm³/mol. The number of carbonyl (C=O) groups is 1. The third kappa shape index (κ3) is 4.67. The van der Waals surface area contributed by atoms with Crippen LogP contribution in [0, 0.1) is 19.7 Å². The van der Waals surface area contributed by atoms with Gasteiger partial charge in [0.1, 0.15) is 27.5 Å². The number of nitrogens with zero attached hydrogens (tertiary/aromatic N) is 2. The number of fused-ring (bicyclic) bond motifs is 1. The molecular formula is C23H28ClFN2O4S. The highest BCUT2D eigenvalue weighted by Crippen LogP contribution is 2.36. The van der Waals surface area contributed by atoms with Gasteiger partial charge in [-0.05, 0) is 75.4 Å².